The Labute approximate surface area is 322 Å². The normalized spacial score (nSPS) is 10.4. The molecule has 4 amide bonds. The topological polar surface area (TPSA) is 179 Å². The Morgan fingerprint density at radius 2 is 0.964 bits per heavy atom. The zero-order chi connectivity index (χ0) is 40.3. The SMILES string of the molecule is CCNC(=O)Cc1ccc(COC(=O)CCNC(=O)c2cc(C)cn2C)cc1.CCNC(=O)Cc1ccc(COC(=O)CNC(=O)c2cc(C)cn2C)cc1. The van der Waals surface area contributed by atoms with Gasteiger partial charge in [-0.25, -0.2) is 0 Å². The minimum absolute atomic E-state index is 0.0192. The lowest BCUT2D eigenvalue weighted by Crippen LogP contribution is -2.31. The maximum absolute atomic E-state index is 12.1. The van der Waals surface area contributed by atoms with Crippen LogP contribution in [0, 0.1) is 13.8 Å². The molecule has 0 bridgehead atoms. The highest BCUT2D eigenvalue weighted by Gasteiger charge is 2.14. The second-order valence-corrected chi connectivity index (χ2v) is 12.9. The lowest BCUT2D eigenvalue weighted by Gasteiger charge is -2.08. The lowest BCUT2D eigenvalue weighted by molar-refractivity contribution is -0.145. The van der Waals surface area contributed by atoms with Gasteiger partial charge in [-0.05, 0) is 73.2 Å². The van der Waals surface area contributed by atoms with Crippen molar-refractivity contribution in [2.24, 2.45) is 14.1 Å². The van der Waals surface area contributed by atoms with Crippen molar-refractivity contribution in [3.8, 4) is 0 Å². The molecule has 14 nitrogen and oxygen atoms in total. The number of nitrogens with one attached hydrogen (secondary N) is 4. The average molecular weight is 757 g/mol. The van der Waals surface area contributed by atoms with Gasteiger partial charge in [-0.1, -0.05) is 48.5 Å². The van der Waals surface area contributed by atoms with E-state index in [2.05, 4.69) is 21.3 Å². The number of hydrogen-bond acceptors (Lipinski definition) is 8. The van der Waals surface area contributed by atoms with Gasteiger partial charge >= 0.3 is 11.9 Å². The third-order valence-electron chi connectivity index (χ3n) is 8.08. The van der Waals surface area contributed by atoms with Crippen LogP contribution in [0.3, 0.4) is 0 Å². The smallest absolute Gasteiger partial charge is 0.325 e. The number of likely N-dealkylation sites (N-methyl/N-ethyl adjacent to an activating group) is 2. The van der Waals surface area contributed by atoms with Crippen LogP contribution in [0.25, 0.3) is 0 Å². The summed E-state index contributed by atoms with van der Waals surface area (Å²) in [5, 5.41) is 10.8. The molecule has 4 rings (SSSR count). The fourth-order valence-electron chi connectivity index (χ4n) is 5.37. The first-order valence-corrected chi connectivity index (χ1v) is 18.1. The number of carbonyl (C=O) groups excluding carboxylic acids is 6. The van der Waals surface area contributed by atoms with Crippen LogP contribution < -0.4 is 21.3 Å². The van der Waals surface area contributed by atoms with E-state index < -0.39 is 5.97 Å². The zero-order valence-corrected chi connectivity index (χ0v) is 32.5. The molecule has 2 aromatic heterocycles. The number of carbonyl (C=O) groups is 6. The van der Waals surface area contributed by atoms with Gasteiger partial charge in [-0.3, -0.25) is 28.8 Å². The van der Waals surface area contributed by atoms with Crippen molar-refractivity contribution in [2.75, 3.05) is 26.2 Å². The van der Waals surface area contributed by atoms with Gasteiger partial charge in [0, 0.05) is 46.1 Å². The first-order valence-electron chi connectivity index (χ1n) is 18.1. The number of hydrogen-bond donors (Lipinski definition) is 4. The molecule has 4 aromatic rings. The van der Waals surface area contributed by atoms with Crippen LogP contribution in [0.1, 0.15) is 74.6 Å². The molecule has 0 fully saturated rings. The minimum atomic E-state index is -0.513. The third kappa shape index (κ3) is 15.4. The number of aromatic nitrogens is 2. The number of rotatable bonds is 17. The summed E-state index contributed by atoms with van der Waals surface area (Å²) in [6.07, 6.45) is 4.45. The maximum atomic E-state index is 12.1. The van der Waals surface area contributed by atoms with E-state index in [1.807, 2.05) is 88.6 Å². The lowest BCUT2D eigenvalue weighted by atomic mass is 10.1. The summed E-state index contributed by atoms with van der Waals surface area (Å²) in [5.41, 5.74) is 6.47. The average Bonchev–Trinajstić information content (AvgIpc) is 3.68. The van der Waals surface area contributed by atoms with Crippen LogP contribution in [0.5, 0.6) is 0 Å². The van der Waals surface area contributed by atoms with Crippen LogP contribution in [-0.4, -0.2) is 70.9 Å². The van der Waals surface area contributed by atoms with Crippen molar-refractivity contribution in [2.45, 2.75) is 60.2 Å². The Balaban J connectivity index is 0.000000296. The fraction of sp³-hybridized carbons (Fsp3) is 0.366. The van der Waals surface area contributed by atoms with Crippen LogP contribution in [0.4, 0.5) is 0 Å². The number of benzene rings is 2. The van der Waals surface area contributed by atoms with Crippen LogP contribution in [-0.2, 0) is 68.8 Å². The number of esters is 2. The summed E-state index contributed by atoms with van der Waals surface area (Å²) >= 11 is 0. The first kappa shape index (κ1) is 43.2. The Kier molecular flexibility index (Phi) is 17.4. The highest BCUT2D eigenvalue weighted by Crippen LogP contribution is 2.10. The predicted octanol–water partition coefficient (Wildman–Crippen LogP) is 3.36. The summed E-state index contributed by atoms with van der Waals surface area (Å²) in [6, 6.07) is 18.2. The number of amides is 4. The maximum Gasteiger partial charge on any atom is 0.325 e. The van der Waals surface area contributed by atoms with Crippen molar-refractivity contribution >= 4 is 35.6 Å². The van der Waals surface area contributed by atoms with Crippen LogP contribution in [0.15, 0.2) is 73.1 Å². The molecule has 0 saturated heterocycles. The highest BCUT2D eigenvalue weighted by molar-refractivity contribution is 5.95. The molecule has 14 heteroatoms. The summed E-state index contributed by atoms with van der Waals surface area (Å²) in [4.78, 5) is 70.9. The quantitative estimate of drug-likeness (QED) is 0.119. The minimum Gasteiger partial charge on any atom is -0.461 e. The number of nitrogens with zero attached hydrogens (tertiary/aromatic N) is 2. The van der Waals surface area contributed by atoms with E-state index in [-0.39, 0.29) is 62.3 Å². The largest absolute Gasteiger partial charge is 0.461 e. The van der Waals surface area contributed by atoms with Crippen molar-refractivity contribution in [1.29, 1.82) is 0 Å². The molecule has 2 heterocycles. The van der Waals surface area contributed by atoms with Gasteiger partial charge in [0.25, 0.3) is 11.8 Å². The van der Waals surface area contributed by atoms with Crippen molar-refractivity contribution < 1.29 is 38.2 Å². The van der Waals surface area contributed by atoms with E-state index >= 15 is 0 Å². The Morgan fingerprint density at radius 3 is 1.36 bits per heavy atom. The van der Waals surface area contributed by atoms with E-state index in [1.165, 1.54) is 0 Å². The van der Waals surface area contributed by atoms with E-state index in [0.29, 0.717) is 37.3 Å². The van der Waals surface area contributed by atoms with E-state index in [4.69, 9.17) is 9.47 Å². The molecular weight excluding hydrogens is 704 g/mol. The van der Waals surface area contributed by atoms with E-state index in [1.54, 1.807) is 35.4 Å². The highest BCUT2D eigenvalue weighted by atomic mass is 16.5. The van der Waals surface area contributed by atoms with Gasteiger partial charge in [-0.2, -0.15) is 0 Å². The molecule has 0 atom stereocenters. The van der Waals surface area contributed by atoms with Crippen molar-refractivity contribution in [3.05, 3.63) is 118 Å². The molecule has 0 radical (unpaired) electrons. The molecule has 0 saturated carbocycles. The van der Waals surface area contributed by atoms with E-state index in [0.717, 1.165) is 33.4 Å². The van der Waals surface area contributed by atoms with Gasteiger partial charge in [-0.15, -0.1) is 0 Å². The van der Waals surface area contributed by atoms with Crippen LogP contribution >= 0.6 is 0 Å². The molecule has 2 aromatic carbocycles. The predicted molar refractivity (Wildman–Crippen MR) is 207 cm³/mol. The Morgan fingerprint density at radius 1 is 0.564 bits per heavy atom. The summed E-state index contributed by atoms with van der Waals surface area (Å²) < 4.78 is 13.9. The molecular formula is C41H52N6O8. The van der Waals surface area contributed by atoms with Gasteiger partial charge in [0.2, 0.25) is 11.8 Å². The zero-order valence-electron chi connectivity index (χ0n) is 32.5. The molecule has 55 heavy (non-hydrogen) atoms. The van der Waals surface area contributed by atoms with E-state index in [9.17, 15) is 28.8 Å². The Bertz CT molecular complexity index is 1910. The van der Waals surface area contributed by atoms with Gasteiger partial charge < -0.3 is 39.9 Å². The van der Waals surface area contributed by atoms with Gasteiger partial charge in [0.05, 0.1) is 19.3 Å². The third-order valence-corrected chi connectivity index (χ3v) is 8.08. The number of aryl methyl sites for hydroxylation is 4. The second kappa shape index (κ2) is 22.1. The summed E-state index contributed by atoms with van der Waals surface area (Å²) in [6.45, 7) is 9.07. The molecule has 0 spiro atoms. The second-order valence-electron chi connectivity index (χ2n) is 12.9. The summed E-state index contributed by atoms with van der Waals surface area (Å²) in [5.74, 6) is -1.48. The molecule has 0 unspecified atom stereocenters. The van der Waals surface area contributed by atoms with Crippen molar-refractivity contribution in [1.82, 2.24) is 30.4 Å². The van der Waals surface area contributed by atoms with Crippen molar-refractivity contribution in [3.63, 3.8) is 0 Å². The molecule has 294 valence electrons. The number of ether oxygens (including phenoxy) is 2. The van der Waals surface area contributed by atoms with Gasteiger partial charge in [0.1, 0.15) is 31.1 Å². The summed E-state index contributed by atoms with van der Waals surface area (Å²) in [7, 11) is 3.58. The monoisotopic (exact) mass is 756 g/mol. The Hall–Kier alpha value is -6.18. The molecule has 4 N–H and O–H groups in total. The van der Waals surface area contributed by atoms with Crippen LogP contribution in [0.2, 0.25) is 0 Å². The standard InChI is InChI=1S/C21H27N3O4.C20H25N3O4/c1-4-22-19(25)12-16-5-7-17(8-6-16)14-28-20(26)9-10-23-21(27)18-11-15(2)13-24(18)3;1-4-21-18(24)10-15-5-7-16(8-6-15)13-27-19(25)11-22-20(26)17-9-14(2)12-23(17)3/h5-8,11,13H,4,9-10,12,14H2,1-3H3,(H,22,25)(H,23,27);5-9,12H,4,10-11,13H2,1-3H3,(H,21,24)(H,22,26). The van der Waals surface area contributed by atoms with Gasteiger partial charge in [0.15, 0.2) is 0 Å². The molecule has 0 aliphatic rings. The fourth-order valence-corrected chi connectivity index (χ4v) is 5.37. The molecule has 0 aliphatic carbocycles. The first-order chi connectivity index (χ1) is 26.3. The molecule has 0 aliphatic heterocycles.